The number of hydrogen-bond donors (Lipinski definition) is 1. The number of nitrogens with zero attached hydrogens (tertiary/aromatic N) is 2. The van der Waals surface area contributed by atoms with Crippen molar-refractivity contribution in [2.24, 2.45) is 0 Å². The first kappa shape index (κ1) is 22.1. The second-order valence-electron chi connectivity index (χ2n) is 6.95. The van der Waals surface area contributed by atoms with Crippen LogP contribution in [0.25, 0.3) is 0 Å². The molecule has 3 aromatic rings. The molecule has 158 valence electrons. The van der Waals surface area contributed by atoms with Crippen molar-refractivity contribution in [3.63, 3.8) is 0 Å². The van der Waals surface area contributed by atoms with Crippen molar-refractivity contribution in [2.45, 2.75) is 20.4 Å². The van der Waals surface area contributed by atoms with E-state index in [2.05, 4.69) is 0 Å². The maximum Gasteiger partial charge on any atom is 0.271 e. The van der Waals surface area contributed by atoms with Crippen molar-refractivity contribution in [3.8, 4) is 17.7 Å². The predicted molar refractivity (Wildman–Crippen MR) is 113 cm³/mol. The molecule has 0 bridgehead atoms. The van der Waals surface area contributed by atoms with Crippen LogP contribution in [0.2, 0.25) is 5.02 Å². The summed E-state index contributed by atoms with van der Waals surface area (Å²) in [5, 5.41) is 20.7. The number of aromatic nitrogens is 1. The summed E-state index contributed by atoms with van der Waals surface area (Å²) in [4.78, 5) is 25.5. The van der Waals surface area contributed by atoms with Crippen molar-refractivity contribution in [3.05, 3.63) is 91.5 Å². The first-order chi connectivity index (χ1) is 14.7. The number of carbonyl (C=O) groups excluding carboxylic acids is 1. The number of ether oxygens (including phenoxy) is 1. The Morgan fingerprint density at radius 1 is 1.23 bits per heavy atom. The van der Waals surface area contributed by atoms with Gasteiger partial charge in [-0.2, -0.15) is 5.26 Å². The quantitative estimate of drug-likeness (QED) is 0.581. The standard InChI is InChI=1S/C23H18ClFN2O4/c1-13-9-17(7-8-19(13)24)31-12-20(28)21-14(2)18(10-26)22(29)27(23(21)30)11-15-3-5-16(25)6-4-15/h3-9,30H,11-12H2,1-2H3. The maximum absolute atomic E-state index is 13.2. The third kappa shape index (κ3) is 4.60. The Morgan fingerprint density at radius 3 is 2.52 bits per heavy atom. The summed E-state index contributed by atoms with van der Waals surface area (Å²) >= 11 is 5.98. The summed E-state index contributed by atoms with van der Waals surface area (Å²) in [7, 11) is 0. The molecule has 0 saturated heterocycles. The molecule has 0 unspecified atom stereocenters. The van der Waals surface area contributed by atoms with Crippen LogP contribution in [0.3, 0.4) is 0 Å². The lowest BCUT2D eigenvalue weighted by molar-refractivity contribution is 0.0916. The number of benzene rings is 2. The van der Waals surface area contributed by atoms with Crippen LogP contribution in [-0.2, 0) is 6.54 Å². The lowest BCUT2D eigenvalue weighted by atomic mass is 10.0. The molecule has 0 atom stereocenters. The van der Waals surface area contributed by atoms with Gasteiger partial charge < -0.3 is 9.84 Å². The first-order valence-electron chi connectivity index (χ1n) is 9.26. The number of hydrogen-bond acceptors (Lipinski definition) is 5. The number of aryl methyl sites for hydroxylation is 1. The van der Waals surface area contributed by atoms with E-state index in [1.807, 2.05) is 0 Å². The highest BCUT2D eigenvalue weighted by Crippen LogP contribution is 2.25. The summed E-state index contributed by atoms with van der Waals surface area (Å²) in [6.07, 6.45) is 0. The van der Waals surface area contributed by atoms with Crippen LogP contribution in [0, 0.1) is 31.0 Å². The number of carbonyl (C=O) groups is 1. The molecule has 0 aliphatic heterocycles. The molecule has 0 aliphatic carbocycles. The van der Waals surface area contributed by atoms with Crippen LogP contribution in [0.5, 0.6) is 11.6 Å². The lowest BCUT2D eigenvalue weighted by Crippen LogP contribution is -2.28. The first-order valence-corrected chi connectivity index (χ1v) is 9.63. The van der Waals surface area contributed by atoms with Gasteiger partial charge in [-0.05, 0) is 60.9 Å². The van der Waals surface area contributed by atoms with E-state index >= 15 is 0 Å². The van der Waals surface area contributed by atoms with Gasteiger partial charge in [0.2, 0.25) is 11.7 Å². The van der Waals surface area contributed by atoms with E-state index in [4.69, 9.17) is 16.3 Å². The Balaban J connectivity index is 1.97. The van der Waals surface area contributed by atoms with E-state index in [9.17, 15) is 24.3 Å². The summed E-state index contributed by atoms with van der Waals surface area (Å²) < 4.78 is 19.6. The molecule has 0 radical (unpaired) electrons. The third-order valence-electron chi connectivity index (χ3n) is 4.83. The number of Topliss-reactive ketones (excluding diaryl/α,β-unsaturated/α-hetero) is 1. The van der Waals surface area contributed by atoms with Gasteiger partial charge in [0.05, 0.1) is 12.1 Å². The number of rotatable bonds is 6. The van der Waals surface area contributed by atoms with Crippen molar-refractivity contribution >= 4 is 17.4 Å². The molecule has 31 heavy (non-hydrogen) atoms. The zero-order valence-electron chi connectivity index (χ0n) is 16.8. The van der Waals surface area contributed by atoms with Gasteiger partial charge in [0.25, 0.3) is 5.56 Å². The molecular weight excluding hydrogens is 423 g/mol. The number of nitriles is 1. The minimum Gasteiger partial charge on any atom is -0.494 e. The Labute approximate surface area is 182 Å². The normalized spacial score (nSPS) is 10.5. The fraction of sp³-hybridized carbons (Fsp3) is 0.174. The largest absolute Gasteiger partial charge is 0.494 e. The molecule has 6 nitrogen and oxygen atoms in total. The van der Waals surface area contributed by atoms with Gasteiger partial charge in [-0.3, -0.25) is 14.2 Å². The fourth-order valence-electron chi connectivity index (χ4n) is 3.13. The van der Waals surface area contributed by atoms with Gasteiger partial charge in [-0.25, -0.2) is 4.39 Å². The predicted octanol–water partition coefficient (Wildman–Crippen LogP) is 4.14. The summed E-state index contributed by atoms with van der Waals surface area (Å²) in [6, 6.07) is 12.0. The number of pyridine rings is 1. The highest BCUT2D eigenvalue weighted by atomic mass is 35.5. The van der Waals surface area contributed by atoms with Crippen LogP contribution in [0.4, 0.5) is 4.39 Å². The van der Waals surface area contributed by atoms with Gasteiger partial charge in [-0.1, -0.05) is 23.7 Å². The molecule has 0 fully saturated rings. The molecule has 0 spiro atoms. The van der Waals surface area contributed by atoms with Gasteiger partial charge in [0.1, 0.15) is 23.2 Å². The molecule has 0 saturated carbocycles. The number of ketones is 1. The zero-order chi connectivity index (χ0) is 22.7. The van der Waals surface area contributed by atoms with Crippen molar-refractivity contribution < 1.29 is 19.0 Å². The number of aromatic hydroxyl groups is 1. The molecule has 1 N–H and O–H groups in total. The molecule has 8 heteroatoms. The second-order valence-corrected chi connectivity index (χ2v) is 7.36. The van der Waals surface area contributed by atoms with E-state index in [1.54, 1.807) is 31.2 Å². The summed E-state index contributed by atoms with van der Waals surface area (Å²) in [6.45, 7) is 2.64. The average Bonchev–Trinajstić information content (AvgIpc) is 2.73. The van der Waals surface area contributed by atoms with Gasteiger partial charge in [0, 0.05) is 5.02 Å². The Bertz CT molecular complexity index is 1260. The van der Waals surface area contributed by atoms with Gasteiger partial charge in [-0.15, -0.1) is 0 Å². The Hall–Kier alpha value is -3.63. The minimum atomic E-state index is -0.743. The van der Waals surface area contributed by atoms with E-state index in [0.29, 0.717) is 16.3 Å². The maximum atomic E-state index is 13.2. The molecule has 0 aliphatic rings. The summed E-state index contributed by atoms with van der Waals surface area (Å²) in [5.41, 5.74) is 0.173. The smallest absolute Gasteiger partial charge is 0.271 e. The highest BCUT2D eigenvalue weighted by molar-refractivity contribution is 6.31. The SMILES string of the molecule is Cc1cc(OCC(=O)c2c(C)c(C#N)c(=O)n(Cc3ccc(F)cc3)c2O)ccc1Cl. The third-order valence-corrected chi connectivity index (χ3v) is 5.26. The van der Waals surface area contributed by atoms with Crippen LogP contribution in [-0.4, -0.2) is 22.1 Å². The van der Waals surface area contributed by atoms with Crippen LogP contribution in [0.15, 0.2) is 47.3 Å². The van der Waals surface area contributed by atoms with Crippen LogP contribution >= 0.6 is 11.6 Å². The zero-order valence-corrected chi connectivity index (χ0v) is 17.5. The van der Waals surface area contributed by atoms with E-state index in [1.165, 1.54) is 31.2 Å². The van der Waals surface area contributed by atoms with Gasteiger partial charge in [0.15, 0.2) is 6.61 Å². The second kappa shape index (κ2) is 9.02. The Morgan fingerprint density at radius 2 is 1.90 bits per heavy atom. The van der Waals surface area contributed by atoms with E-state index < -0.39 is 29.6 Å². The number of halogens is 2. The molecule has 1 heterocycles. The molecular formula is C23H18ClFN2O4. The van der Waals surface area contributed by atoms with Gasteiger partial charge >= 0.3 is 0 Å². The van der Waals surface area contributed by atoms with Crippen molar-refractivity contribution in [2.75, 3.05) is 6.61 Å². The molecule has 1 aromatic heterocycles. The lowest BCUT2D eigenvalue weighted by Gasteiger charge is -2.16. The highest BCUT2D eigenvalue weighted by Gasteiger charge is 2.24. The van der Waals surface area contributed by atoms with Crippen LogP contribution in [0.1, 0.15) is 32.6 Å². The fourth-order valence-corrected chi connectivity index (χ4v) is 3.25. The Kier molecular flexibility index (Phi) is 6.42. The van der Waals surface area contributed by atoms with E-state index in [-0.39, 0.29) is 23.2 Å². The molecule has 2 aromatic carbocycles. The topological polar surface area (TPSA) is 92.3 Å². The molecule has 0 amide bonds. The summed E-state index contributed by atoms with van der Waals surface area (Å²) in [5.74, 6) is -1.22. The van der Waals surface area contributed by atoms with Crippen LogP contribution < -0.4 is 10.3 Å². The molecule has 3 rings (SSSR count). The van der Waals surface area contributed by atoms with Crippen molar-refractivity contribution in [1.29, 1.82) is 5.26 Å². The monoisotopic (exact) mass is 440 g/mol. The average molecular weight is 441 g/mol. The minimum absolute atomic E-state index is 0.0706. The van der Waals surface area contributed by atoms with Crippen molar-refractivity contribution in [1.82, 2.24) is 4.57 Å². The van der Waals surface area contributed by atoms with E-state index in [0.717, 1.165) is 10.1 Å².